The summed E-state index contributed by atoms with van der Waals surface area (Å²) in [6, 6.07) is 1.06. The molecule has 2 rings (SSSR count). The van der Waals surface area contributed by atoms with Crippen LogP contribution in [0.15, 0.2) is 12.3 Å². The summed E-state index contributed by atoms with van der Waals surface area (Å²) in [6.07, 6.45) is 2.31. The molecule has 8 nitrogen and oxygen atoms in total. The first kappa shape index (κ1) is 15.0. The van der Waals surface area contributed by atoms with Gasteiger partial charge in [0.05, 0.1) is 11.1 Å². The highest BCUT2D eigenvalue weighted by Gasteiger charge is 2.24. The molecule has 2 amide bonds. The van der Waals surface area contributed by atoms with Gasteiger partial charge in [0.15, 0.2) is 0 Å². The first-order valence-electron chi connectivity index (χ1n) is 6.82. The number of amides is 2. The van der Waals surface area contributed by atoms with Gasteiger partial charge in [-0.3, -0.25) is 19.7 Å². The lowest BCUT2D eigenvalue weighted by molar-refractivity contribution is -0.384. The molecule has 1 saturated heterocycles. The minimum absolute atomic E-state index is 0.0262. The number of nitro groups is 1. The molecule has 2 heterocycles. The summed E-state index contributed by atoms with van der Waals surface area (Å²) in [7, 11) is 0. The molecule has 1 aliphatic rings. The standard InChI is InChI=1S/C13H18N4O4/c1-8(2)16-7-10(17(20)21)5-11(16)13(19)15-9-3-4-12(18)14-6-9/h5,7-9H,3-4,6H2,1-2H3,(H,14,18)(H,15,19). The zero-order chi connectivity index (χ0) is 15.6. The molecule has 1 aromatic rings. The lowest BCUT2D eigenvalue weighted by Gasteiger charge is -2.23. The highest BCUT2D eigenvalue weighted by Crippen LogP contribution is 2.21. The van der Waals surface area contributed by atoms with Crippen LogP contribution in [0.25, 0.3) is 0 Å². The number of carbonyl (C=O) groups excluding carboxylic acids is 2. The Labute approximate surface area is 121 Å². The van der Waals surface area contributed by atoms with Crippen LogP contribution in [0, 0.1) is 10.1 Å². The van der Waals surface area contributed by atoms with E-state index in [1.165, 1.54) is 12.3 Å². The van der Waals surface area contributed by atoms with Crippen LogP contribution < -0.4 is 10.6 Å². The summed E-state index contributed by atoms with van der Waals surface area (Å²) in [6.45, 7) is 4.08. The SMILES string of the molecule is CC(C)n1cc([N+](=O)[O-])cc1C(=O)NC1CCC(=O)NC1. The molecule has 2 N–H and O–H groups in total. The van der Waals surface area contributed by atoms with E-state index >= 15 is 0 Å². The first-order valence-corrected chi connectivity index (χ1v) is 6.82. The normalized spacial score (nSPS) is 18.4. The minimum atomic E-state index is -0.517. The molecular weight excluding hydrogens is 276 g/mol. The molecule has 21 heavy (non-hydrogen) atoms. The highest BCUT2D eigenvalue weighted by atomic mass is 16.6. The van der Waals surface area contributed by atoms with Crippen molar-refractivity contribution in [3.8, 4) is 0 Å². The van der Waals surface area contributed by atoms with Crippen LogP contribution in [0.4, 0.5) is 5.69 Å². The van der Waals surface area contributed by atoms with Crippen molar-refractivity contribution in [2.75, 3.05) is 6.54 Å². The summed E-state index contributed by atoms with van der Waals surface area (Å²) in [4.78, 5) is 33.7. The minimum Gasteiger partial charge on any atom is -0.354 e. The second-order valence-electron chi connectivity index (χ2n) is 5.35. The van der Waals surface area contributed by atoms with Crippen molar-refractivity contribution in [2.45, 2.75) is 38.8 Å². The number of rotatable bonds is 4. The molecule has 0 bridgehead atoms. The van der Waals surface area contributed by atoms with E-state index in [-0.39, 0.29) is 35.3 Å². The van der Waals surface area contributed by atoms with Crippen LogP contribution >= 0.6 is 0 Å². The molecule has 0 spiro atoms. The Bertz CT molecular complexity index is 569. The maximum absolute atomic E-state index is 12.3. The Morgan fingerprint density at radius 2 is 2.29 bits per heavy atom. The quantitative estimate of drug-likeness (QED) is 0.637. The molecule has 114 valence electrons. The fourth-order valence-electron chi connectivity index (χ4n) is 2.29. The molecule has 8 heteroatoms. The average Bonchev–Trinajstić information content (AvgIpc) is 2.87. The van der Waals surface area contributed by atoms with Gasteiger partial charge in [-0.1, -0.05) is 0 Å². The van der Waals surface area contributed by atoms with Gasteiger partial charge in [0.1, 0.15) is 5.69 Å². The third kappa shape index (κ3) is 3.39. The van der Waals surface area contributed by atoms with Gasteiger partial charge in [-0.2, -0.15) is 0 Å². The second kappa shape index (κ2) is 5.94. The molecule has 0 aromatic carbocycles. The van der Waals surface area contributed by atoms with Gasteiger partial charge < -0.3 is 15.2 Å². The fraction of sp³-hybridized carbons (Fsp3) is 0.538. The number of hydrogen-bond donors (Lipinski definition) is 2. The lowest BCUT2D eigenvalue weighted by Crippen LogP contribution is -2.48. The molecule has 0 radical (unpaired) electrons. The zero-order valence-electron chi connectivity index (χ0n) is 12.0. The van der Waals surface area contributed by atoms with Crippen molar-refractivity contribution in [3.63, 3.8) is 0 Å². The van der Waals surface area contributed by atoms with E-state index in [4.69, 9.17) is 0 Å². The molecule has 1 aromatic heterocycles. The number of aromatic nitrogens is 1. The predicted molar refractivity (Wildman–Crippen MR) is 75.0 cm³/mol. The molecular formula is C13H18N4O4. The van der Waals surface area contributed by atoms with Crippen molar-refractivity contribution in [1.29, 1.82) is 0 Å². The van der Waals surface area contributed by atoms with Gasteiger partial charge in [-0.25, -0.2) is 0 Å². The Morgan fingerprint density at radius 3 is 2.81 bits per heavy atom. The van der Waals surface area contributed by atoms with Gasteiger partial charge in [0.2, 0.25) is 5.91 Å². The Morgan fingerprint density at radius 1 is 1.57 bits per heavy atom. The van der Waals surface area contributed by atoms with Gasteiger partial charge >= 0.3 is 0 Å². The Hall–Kier alpha value is -2.38. The smallest absolute Gasteiger partial charge is 0.287 e. The summed E-state index contributed by atoms with van der Waals surface area (Å²) in [5.41, 5.74) is 0.152. The summed E-state index contributed by atoms with van der Waals surface area (Å²) in [5, 5.41) is 16.3. The molecule has 1 fully saturated rings. The van der Waals surface area contributed by atoms with E-state index in [1.807, 2.05) is 13.8 Å². The third-order valence-electron chi connectivity index (χ3n) is 3.43. The van der Waals surface area contributed by atoms with E-state index in [1.54, 1.807) is 4.57 Å². The van der Waals surface area contributed by atoms with Crippen molar-refractivity contribution in [2.24, 2.45) is 0 Å². The number of nitrogens with one attached hydrogen (secondary N) is 2. The van der Waals surface area contributed by atoms with E-state index in [2.05, 4.69) is 10.6 Å². The van der Waals surface area contributed by atoms with E-state index in [0.29, 0.717) is 19.4 Å². The van der Waals surface area contributed by atoms with Gasteiger partial charge in [0.25, 0.3) is 11.6 Å². The van der Waals surface area contributed by atoms with Crippen LogP contribution in [0.1, 0.15) is 43.2 Å². The summed E-state index contributed by atoms with van der Waals surface area (Å²) in [5.74, 6) is -0.389. The van der Waals surface area contributed by atoms with Gasteiger partial charge in [0, 0.05) is 31.1 Å². The zero-order valence-corrected chi connectivity index (χ0v) is 12.0. The van der Waals surface area contributed by atoms with Gasteiger partial charge in [-0.15, -0.1) is 0 Å². The first-order chi connectivity index (χ1) is 9.88. The number of carbonyl (C=O) groups is 2. The molecule has 0 aliphatic carbocycles. The van der Waals surface area contributed by atoms with Crippen molar-refractivity contribution >= 4 is 17.5 Å². The largest absolute Gasteiger partial charge is 0.354 e. The fourth-order valence-corrected chi connectivity index (χ4v) is 2.29. The van der Waals surface area contributed by atoms with Crippen molar-refractivity contribution < 1.29 is 14.5 Å². The Kier molecular flexibility index (Phi) is 4.25. The average molecular weight is 294 g/mol. The van der Waals surface area contributed by atoms with E-state index in [9.17, 15) is 19.7 Å². The highest BCUT2D eigenvalue weighted by molar-refractivity contribution is 5.94. The monoisotopic (exact) mass is 294 g/mol. The van der Waals surface area contributed by atoms with Crippen LogP contribution in [0.3, 0.4) is 0 Å². The third-order valence-corrected chi connectivity index (χ3v) is 3.43. The van der Waals surface area contributed by atoms with E-state index < -0.39 is 4.92 Å². The summed E-state index contributed by atoms with van der Waals surface area (Å²) >= 11 is 0. The van der Waals surface area contributed by atoms with Crippen molar-refractivity contribution in [1.82, 2.24) is 15.2 Å². The van der Waals surface area contributed by atoms with Crippen molar-refractivity contribution in [3.05, 3.63) is 28.1 Å². The van der Waals surface area contributed by atoms with Crippen LogP contribution in [0.2, 0.25) is 0 Å². The Balaban J connectivity index is 2.14. The topological polar surface area (TPSA) is 106 Å². The maximum Gasteiger partial charge on any atom is 0.287 e. The molecule has 1 atom stereocenters. The van der Waals surface area contributed by atoms with Crippen LogP contribution in [0.5, 0.6) is 0 Å². The molecule has 1 aliphatic heterocycles. The maximum atomic E-state index is 12.3. The number of nitrogens with zero attached hydrogens (tertiary/aromatic N) is 2. The predicted octanol–water partition coefficient (Wildman–Crippen LogP) is 0.986. The molecule has 1 unspecified atom stereocenters. The lowest BCUT2D eigenvalue weighted by atomic mass is 10.1. The molecule has 0 saturated carbocycles. The summed E-state index contributed by atoms with van der Waals surface area (Å²) < 4.78 is 1.58. The van der Waals surface area contributed by atoms with E-state index in [0.717, 1.165) is 0 Å². The number of hydrogen-bond acceptors (Lipinski definition) is 4. The second-order valence-corrected chi connectivity index (χ2v) is 5.35. The van der Waals surface area contributed by atoms with Gasteiger partial charge in [-0.05, 0) is 20.3 Å². The number of piperidine rings is 1. The van der Waals surface area contributed by atoms with Crippen LogP contribution in [-0.2, 0) is 4.79 Å². The van der Waals surface area contributed by atoms with Crippen LogP contribution in [-0.4, -0.2) is 33.9 Å².